The predicted octanol–water partition coefficient (Wildman–Crippen LogP) is 9.61. The first-order valence-electron chi connectivity index (χ1n) is 14.5. The van der Waals surface area contributed by atoms with E-state index in [9.17, 15) is 14.7 Å². The van der Waals surface area contributed by atoms with Crippen molar-refractivity contribution in [1.29, 1.82) is 0 Å². The van der Waals surface area contributed by atoms with Gasteiger partial charge in [0.05, 0.1) is 11.1 Å². The molecule has 0 aliphatic carbocycles. The van der Waals surface area contributed by atoms with Crippen molar-refractivity contribution in [3.8, 4) is 0 Å². The third-order valence-electron chi connectivity index (χ3n) is 7.62. The van der Waals surface area contributed by atoms with E-state index < -0.39 is 17.5 Å². The minimum Gasteiger partial charge on any atom is -0.478 e. The molecule has 4 nitrogen and oxygen atoms in total. The Morgan fingerprint density at radius 2 is 1.29 bits per heavy atom. The fourth-order valence-electron chi connectivity index (χ4n) is 5.35. The van der Waals surface area contributed by atoms with Gasteiger partial charge in [-0.25, -0.2) is 9.59 Å². The van der Waals surface area contributed by atoms with Crippen LogP contribution in [0.25, 0.3) is 0 Å². The lowest BCUT2D eigenvalue weighted by atomic mass is 9.76. The van der Waals surface area contributed by atoms with Crippen LogP contribution in [0.15, 0.2) is 24.3 Å². The van der Waals surface area contributed by atoms with Gasteiger partial charge in [0, 0.05) is 0 Å². The number of carbonyl (C=O) groups excluding carboxylic acids is 1. The van der Waals surface area contributed by atoms with Crippen LogP contribution in [0.1, 0.15) is 158 Å². The van der Waals surface area contributed by atoms with Crippen molar-refractivity contribution in [2.45, 2.75) is 142 Å². The average Bonchev–Trinajstić information content (AvgIpc) is 2.87. The number of carboxylic acids is 1. The smallest absolute Gasteiger partial charge is 0.339 e. The lowest BCUT2D eigenvalue weighted by Gasteiger charge is -2.40. The first kappa shape index (κ1) is 31.2. The lowest BCUT2D eigenvalue weighted by molar-refractivity contribution is -0.0647. The highest BCUT2D eigenvalue weighted by molar-refractivity contribution is 6.02. The van der Waals surface area contributed by atoms with Gasteiger partial charge < -0.3 is 9.84 Å². The molecule has 0 saturated carbocycles. The molecule has 1 aromatic rings. The maximum absolute atomic E-state index is 13.3. The van der Waals surface area contributed by atoms with Gasteiger partial charge in [0.25, 0.3) is 0 Å². The third-order valence-corrected chi connectivity index (χ3v) is 7.62. The van der Waals surface area contributed by atoms with Gasteiger partial charge in [-0.3, -0.25) is 0 Å². The second kappa shape index (κ2) is 18.4. The Labute approximate surface area is 215 Å². The SMILES string of the molecule is CCCCCCCCCCC(CC)(OC(=O)c1ccccc1C(=O)O)C(CC)CCCCCCC. The van der Waals surface area contributed by atoms with Crippen molar-refractivity contribution in [2.24, 2.45) is 5.92 Å². The number of rotatable bonds is 21. The molecule has 4 heteroatoms. The van der Waals surface area contributed by atoms with Gasteiger partial charge in [-0.1, -0.05) is 117 Å². The highest BCUT2D eigenvalue weighted by Crippen LogP contribution is 2.38. The molecular weight excluding hydrogens is 436 g/mol. The van der Waals surface area contributed by atoms with Crippen molar-refractivity contribution in [3.63, 3.8) is 0 Å². The van der Waals surface area contributed by atoms with Crippen LogP contribution in [0.2, 0.25) is 0 Å². The Morgan fingerprint density at radius 3 is 1.80 bits per heavy atom. The maximum atomic E-state index is 13.3. The van der Waals surface area contributed by atoms with Gasteiger partial charge in [-0.15, -0.1) is 0 Å². The number of hydrogen-bond acceptors (Lipinski definition) is 3. The standard InChI is InChI=1S/C31H52O4/c1-5-9-11-13-14-15-17-21-25-31(8-4,26(7-3)22-18-16-12-10-6-2)35-30(34)28-24-20-19-23-27(28)29(32)33/h19-20,23-24,26H,5-18,21-22,25H2,1-4H3,(H,32,33). The van der Waals surface area contributed by atoms with Crippen molar-refractivity contribution in [1.82, 2.24) is 0 Å². The van der Waals surface area contributed by atoms with Crippen LogP contribution in [-0.2, 0) is 4.74 Å². The molecular formula is C31H52O4. The number of carboxylic acid groups (broad SMARTS) is 1. The van der Waals surface area contributed by atoms with E-state index in [1.165, 1.54) is 70.3 Å². The van der Waals surface area contributed by atoms with E-state index >= 15 is 0 Å². The van der Waals surface area contributed by atoms with Crippen LogP contribution in [0.5, 0.6) is 0 Å². The normalized spacial score (nSPS) is 13.8. The largest absolute Gasteiger partial charge is 0.478 e. The molecule has 200 valence electrons. The average molecular weight is 489 g/mol. The van der Waals surface area contributed by atoms with Gasteiger partial charge in [-0.05, 0) is 50.2 Å². The Bertz CT molecular complexity index is 714. The molecule has 1 aromatic carbocycles. The monoisotopic (exact) mass is 488 g/mol. The fourth-order valence-corrected chi connectivity index (χ4v) is 5.35. The quantitative estimate of drug-likeness (QED) is 0.138. The molecule has 2 unspecified atom stereocenters. The van der Waals surface area contributed by atoms with Crippen LogP contribution < -0.4 is 0 Å². The van der Waals surface area contributed by atoms with Crippen LogP contribution in [0.3, 0.4) is 0 Å². The van der Waals surface area contributed by atoms with Crippen molar-refractivity contribution >= 4 is 11.9 Å². The third kappa shape index (κ3) is 11.2. The van der Waals surface area contributed by atoms with Crippen LogP contribution in [-0.4, -0.2) is 22.6 Å². The Morgan fingerprint density at radius 1 is 0.771 bits per heavy atom. The Hall–Kier alpha value is -1.84. The van der Waals surface area contributed by atoms with Crippen molar-refractivity contribution in [3.05, 3.63) is 35.4 Å². The highest BCUT2D eigenvalue weighted by atomic mass is 16.6. The summed E-state index contributed by atoms with van der Waals surface area (Å²) in [7, 11) is 0. The second-order valence-corrected chi connectivity index (χ2v) is 10.2. The van der Waals surface area contributed by atoms with E-state index in [0.29, 0.717) is 5.92 Å². The molecule has 0 amide bonds. The van der Waals surface area contributed by atoms with E-state index in [1.54, 1.807) is 18.2 Å². The molecule has 0 heterocycles. The summed E-state index contributed by atoms with van der Waals surface area (Å²) in [6.45, 7) is 8.80. The van der Waals surface area contributed by atoms with Gasteiger partial charge in [0.1, 0.15) is 5.60 Å². The summed E-state index contributed by atoms with van der Waals surface area (Å²) in [6.07, 6.45) is 19.7. The molecule has 0 aliphatic rings. The molecule has 0 aliphatic heterocycles. The van der Waals surface area contributed by atoms with Gasteiger partial charge in [-0.2, -0.15) is 0 Å². The van der Waals surface area contributed by atoms with Crippen LogP contribution in [0.4, 0.5) is 0 Å². The zero-order chi connectivity index (χ0) is 25.9. The topological polar surface area (TPSA) is 63.6 Å². The number of esters is 1. The molecule has 2 atom stereocenters. The molecule has 0 spiro atoms. The highest BCUT2D eigenvalue weighted by Gasteiger charge is 2.40. The first-order valence-corrected chi connectivity index (χ1v) is 14.5. The Kier molecular flexibility index (Phi) is 16.4. The number of benzene rings is 1. The number of aromatic carboxylic acids is 1. The van der Waals surface area contributed by atoms with Crippen molar-refractivity contribution < 1.29 is 19.4 Å². The van der Waals surface area contributed by atoms with E-state index in [2.05, 4.69) is 27.7 Å². The van der Waals surface area contributed by atoms with Gasteiger partial charge in [0.2, 0.25) is 0 Å². The maximum Gasteiger partial charge on any atom is 0.339 e. The van der Waals surface area contributed by atoms with Crippen molar-refractivity contribution in [2.75, 3.05) is 0 Å². The van der Waals surface area contributed by atoms with E-state index in [-0.39, 0.29) is 11.1 Å². The number of unbranched alkanes of at least 4 members (excludes halogenated alkanes) is 11. The minimum absolute atomic E-state index is 0.0159. The fraction of sp³-hybridized carbons (Fsp3) is 0.742. The zero-order valence-electron chi connectivity index (χ0n) is 23.1. The summed E-state index contributed by atoms with van der Waals surface area (Å²) < 4.78 is 6.35. The number of ether oxygens (including phenoxy) is 1. The van der Waals surface area contributed by atoms with Gasteiger partial charge >= 0.3 is 11.9 Å². The summed E-state index contributed by atoms with van der Waals surface area (Å²) in [5, 5.41) is 9.58. The number of carbonyl (C=O) groups is 2. The summed E-state index contributed by atoms with van der Waals surface area (Å²) >= 11 is 0. The lowest BCUT2D eigenvalue weighted by Crippen LogP contribution is -2.42. The molecule has 0 saturated heterocycles. The van der Waals surface area contributed by atoms with E-state index in [4.69, 9.17) is 4.74 Å². The zero-order valence-corrected chi connectivity index (χ0v) is 23.1. The molecule has 0 aromatic heterocycles. The number of hydrogen-bond donors (Lipinski definition) is 1. The molecule has 0 fully saturated rings. The molecule has 0 radical (unpaired) electrons. The summed E-state index contributed by atoms with van der Waals surface area (Å²) in [4.78, 5) is 25.0. The summed E-state index contributed by atoms with van der Waals surface area (Å²) in [5.74, 6) is -1.29. The van der Waals surface area contributed by atoms with Crippen LogP contribution >= 0.6 is 0 Å². The van der Waals surface area contributed by atoms with E-state index in [0.717, 1.165) is 44.9 Å². The molecule has 0 bridgehead atoms. The Balaban J connectivity index is 2.94. The first-order chi connectivity index (χ1) is 17.0. The molecule has 1 rings (SSSR count). The predicted molar refractivity (Wildman–Crippen MR) is 146 cm³/mol. The molecule has 1 N–H and O–H groups in total. The summed E-state index contributed by atoms with van der Waals surface area (Å²) in [6, 6.07) is 6.42. The van der Waals surface area contributed by atoms with Gasteiger partial charge in [0.15, 0.2) is 0 Å². The molecule has 35 heavy (non-hydrogen) atoms. The van der Waals surface area contributed by atoms with E-state index in [1.807, 2.05) is 0 Å². The van der Waals surface area contributed by atoms with Crippen LogP contribution in [0, 0.1) is 5.92 Å². The second-order valence-electron chi connectivity index (χ2n) is 10.2. The summed E-state index contributed by atoms with van der Waals surface area (Å²) in [5.41, 5.74) is -0.363. The minimum atomic E-state index is -1.09.